The topological polar surface area (TPSA) is 9.23 Å². The number of ether oxygens (including phenoxy) is 1. The Labute approximate surface area is 90.0 Å². The highest BCUT2D eigenvalue weighted by molar-refractivity contribution is 6.30. The van der Waals surface area contributed by atoms with Crippen LogP contribution < -0.4 is 0 Å². The van der Waals surface area contributed by atoms with E-state index in [1.54, 1.807) is 0 Å². The van der Waals surface area contributed by atoms with E-state index in [0.29, 0.717) is 0 Å². The molecule has 1 nitrogen and oxygen atoms in total. The predicted octanol–water partition coefficient (Wildman–Crippen LogP) is 3.41. The monoisotopic (exact) mass is 210 g/mol. The van der Waals surface area contributed by atoms with Gasteiger partial charge in [-0.3, -0.25) is 0 Å². The molecule has 0 aliphatic carbocycles. The van der Waals surface area contributed by atoms with E-state index in [1.165, 1.54) is 5.56 Å². The molecule has 1 aromatic rings. The highest BCUT2D eigenvalue weighted by Gasteiger charge is 2.28. The van der Waals surface area contributed by atoms with Gasteiger partial charge in [-0.1, -0.05) is 30.7 Å². The van der Waals surface area contributed by atoms with Crippen molar-refractivity contribution < 1.29 is 4.74 Å². The summed E-state index contributed by atoms with van der Waals surface area (Å²) in [4.78, 5) is 0. The number of hydrogen-bond acceptors (Lipinski definition) is 1. The van der Waals surface area contributed by atoms with Crippen molar-refractivity contribution in [2.45, 2.75) is 25.2 Å². The molecule has 0 amide bonds. The molecule has 1 heterocycles. The van der Waals surface area contributed by atoms with Crippen LogP contribution >= 0.6 is 11.6 Å². The van der Waals surface area contributed by atoms with E-state index < -0.39 is 0 Å². The lowest BCUT2D eigenvalue weighted by Gasteiger charge is -2.34. The van der Waals surface area contributed by atoms with E-state index in [0.717, 1.165) is 31.1 Å². The molecule has 1 fully saturated rings. The molecule has 1 aliphatic heterocycles. The Kier molecular flexibility index (Phi) is 2.80. The molecule has 0 atom stereocenters. The first-order chi connectivity index (χ1) is 6.71. The Bertz CT molecular complexity index is 299. The maximum Gasteiger partial charge on any atom is 0.0474 e. The lowest BCUT2D eigenvalue weighted by atomic mass is 9.76. The molecule has 14 heavy (non-hydrogen) atoms. The van der Waals surface area contributed by atoms with Gasteiger partial charge in [-0.2, -0.15) is 0 Å². The normalized spacial score (nSPS) is 20.7. The number of hydrogen-bond donors (Lipinski definition) is 0. The van der Waals surface area contributed by atoms with Crippen LogP contribution in [-0.2, 0) is 10.2 Å². The number of halogens is 1. The quantitative estimate of drug-likeness (QED) is 0.691. The summed E-state index contributed by atoms with van der Waals surface area (Å²) >= 11 is 5.87. The third-order valence-corrected chi connectivity index (χ3v) is 3.39. The van der Waals surface area contributed by atoms with Gasteiger partial charge in [0.2, 0.25) is 0 Å². The Morgan fingerprint density at radius 3 is 2.29 bits per heavy atom. The average Bonchev–Trinajstić information content (AvgIpc) is 2.19. The van der Waals surface area contributed by atoms with Gasteiger partial charge in [0.25, 0.3) is 0 Å². The predicted molar refractivity (Wildman–Crippen MR) is 58.9 cm³/mol. The first kappa shape index (κ1) is 10.0. The van der Waals surface area contributed by atoms with Crippen LogP contribution in [-0.4, -0.2) is 13.2 Å². The highest BCUT2D eigenvalue weighted by Crippen LogP contribution is 2.34. The summed E-state index contributed by atoms with van der Waals surface area (Å²) in [5.74, 6) is 0. The van der Waals surface area contributed by atoms with Crippen LogP contribution in [0.2, 0.25) is 5.02 Å². The second kappa shape index (κ2) is 3.92. The zero-order valence-corrected chi connectivity index (χ0v) is 9.18. The summed E-state index contributed by atoms with van der Waals surface area (Å²) in [7, 11) is 0. The van der Waals surface area contributed by atoms with E-state index >= 15 is 0 Å². The minimum Gasteiger partial charge on any atom is -0.381 e. The fourth-order valence-corrected chi connectivity index (χ4v) is 2.09. The number of benzene rings is 1. The Morgan fingerprint density at radius 2 is 1.71 bits per heavy atom. The van der Waals surface area contributed by atoms with Gasteiger partial charge in [-0.05, 0) is 36.0 Å². The zero-order valence-electron chi connectivity index (χ0n) is 8.42. The summed E-state index contributed by atoms with van der Waals surface area (Å²) in [6.45, 7) is 4.05. The molecule has 2 heteroatoms. The summed E-state index contributed by atoms with van der Waals surface area (Å²) in [6.07, 6.45) is 2.21. The summed E-state index contributed by atoms with van der Waals surface area (Å²) in [6, 6.07) is 8.20. The van der Waals surface area contributed by atoms with Crippen LogP contribution in [0.1, 0.15) is 25.3 Å². The van der Waals surface area contributed by atoms with Gasteiger partial charge < -0.3 is 4.74 Å². The lowest BCUT2D eigenvalue weighted by molar-refractivity contribution is 0.0564. The van der Waals surface area contributed by atoms with Crippen molar-refractivity contribution in [3.8, 4) is 0 Å². The maximum atomic E-state index is 5.87. The highest BCUT2D eigenvalue weighted by atomic mass is 35.5. The van der Waals surface area contributed by atoms with Crippen LogP contribution in [0.15, 0.2) is 24.3 Å². The molecule has 0 spiro atoms. The van der Waals surface area contributed by atoms with Crippen molar-refractivity contribution in [2.24, 2.45) is 0 Å². The molecular formula is C12H15ClO. The van der Waals surface area contributed by atoms with Gasteiger partial charge in [0.1, 0.15) is 0 Å². The molecule has 76 valence electrons. The third kappa shape index (κ3) is 1.94. The standard InChI is InChI=1S/C12H15ClO/c1-12(6-8-14-9-7-12)10-2-4-11(13)5-3-10/h2-5H,6-9H2,1H3. The lowest BCUT2D eigenvalue weighted by Crippen LogP contribution is -2.30. The van der Waals surface area contributed by atoms with Crippen LogP contribution in [0.3, 0.4) is 0 Å². The largest absolute Gasteiger partial charge is 0.381 e. The summed E-state index contributed by atoms with van der Waals surface area (Å²) in [5.41, 5.74) is 1.66. The van der Waals surface area contributed by atoms with Crippen LogP contribution in [0.5, 0.6) is 0 Å². The van der Waals surface area contributed by atoms with Crippen molar-refractivity contribution in [2.75, 3.05) is 13.2 Å². The van der Waals surface area contributed by atoms with Crippen LogP contribution in [0.25, 0.3) is 0 Å². The minimum absolute atomic E-state index is 0.281. The van der Waals surface area contributed by atoms with Crippen molar-refractivity contribution in [3.63, 3.8) is 0 Å². The zero-order chi connectivity index (χ0) is 10.0. The van der Waals surface area contributed by atoms with Crippen molar-refractivity contribution >= 4 is 11.6 Å². The fraction of sp³-hybridized carbons (Fsp3) is 0.500. The van der Waals surface area contributed by atoms with E-state index in [1.807, 2.05) is 12.1 Å². The van der Waals surface area contributed by atoms with Gasteiger partial charge in [0.05, 0.1) is 0 Å². The minimum atomic E-state index is 0.281. The van der Waals surface area contributed by atoms with E-state index in [2.05, 4.69) is 19.1 Å². The Balaban J connectivity index is 2.23. The molecular weight excluding hydrogens is 196 g/mol. The van der Waals surface area contributed by atoms with Gasteiger partial charge in [0, 0.05) is 18.2 Å². The SMILES string of the molecule is CC1(c2ccc(Cl)cc2)CCOCC1. The average molecular weight is 211 g/mol. The summed E-state index contributed by atoms with van der Waals surface area (Å²) < 4.78 is 5.38. The Hall–Kier alpha value is -0.530. The van der Waals surface area contributed by atoms with E-state index in [-0.39, 0.29) is 5.41 Å². The number of rotatable bonds is 1. The molecule has 0 saturated carbocycles. The van der Waals surface area contributed by atoms with E-state index in [4.69, 9.17) is 16.3 Å². The van der Waals surface area contributed by atoms with Gasteiger partial charge in [-0.25, -0.2) is 0 Å². The first-order valence-electron chi connectivity index (χ1n) is 5.04. The fourth-order valence-electron chi connectivity index (χ4n) is 1.96. The summed E-state index contributed by atoms with van der Waals surface area (Å²) in [5, 5.41) is 0.810. The molecule has 0 N–H and O–H groups in total. The van der Waals surface area contributed by atoms with Crippen molar-refractivity contribution in [1.29, 1.82) is 0 Å². The molecule has 0 unspecified atom stereocenters. The first-order valence-corrected chi connectivity index (χ1v) is 5.42. The van der Waals surface area contributed by atoms with Crippen LogP contribution in [0.4, 0.5) is 0 Å². The third-order valence-electron chi connectivity index (χ3n) is 3.14. The molecule has 2 rings (SSSR count). The molecule has 0 aromatic heterocycles. The maximum absolute atomic E-state index is 5.87. The molecule has 1 aliphatic rings. The molecule has 1 saturated heterocycles. The second-order valence-corrected chi connectivity index (χ2v) is 4.62. The molecule has 1 aromatic carbocycles. The van der Waals surface area contributed by atoms with Gasteiger partial charge in [0.15, 0.2) is 0 Å². The smallest absolute Gasteiger partial charge is 0.0474 e. The molecule has 0 bridgehead atoms. The van der Waals surface area contributed by atoms with Crippen molar-refractivity contribution in [1.82, 2.24) is 0 Å². The molecule has 0 radical (unpaired) electrons. The Morgan fingerprint density at radius 1 is 1.14 bits per heavy atom. The van der Waals surface area contributed by atoms with Crippen LogP contribution in [0, 0.1) is 0 Å². The van der Waals surface area contributed by atoms with Crippen molar-refractivity contribution in [3.05, 3.63) is 34.9 Å². The second-order valence-electron chi connectivity index (χ2n) is 4.18. The van der Waals surface area contributed by atoms with Gasteiger partial charge >= 0.3 is 0 Å². The van der Waals surface area contributed by atoms with E-state index in [9.17, 15) is 0 Å². The van der Waals surface area contributed by atoms with Gasteiger partial charge in [-0.15, -0.1) is 0 Å².